The fourth-order valence-corrected chi connectivity index (χ4v) is 11.1. The van der Waals surface area contributed by atoms with Crippen molar-refractivity contribution in [3.05, 3.63) is 99.7 Å². The first-order valence-electron chi connectivity index (χ1n) is 24.0. The van der Waals surface area contributed by atoms with Crippen LogP contribution in [-0.2, 0) is 36.8 Å². The average molecular weight is 915 g/mol. The molecule has 9 rings (SSSR count). The molecule has 0 spiro atoms. The zero-order chi connectivity index (χ0) is 46.9. The highest BCUT2D eigenvalue weighted by atomic mass is 16.6. The highest BCUT2D eigenvalue weighted by molar-refractivity contribution is 5.85. The predicted molar refractivity (Wildman–Crippen MR) is 258 cm³/mol. The number of ether oxygens (including phenoxy) is 4. The Morgan fingerprint density at radius 1 is 1.01 bits per heavy atom. The maximum absolute atomic E-state index is 11.6. The van der Waals surface area contributed by atoms with E-state index in [9.17, 15) is 25.5 Å². The molecule has 0 fully saturated rings. The van der Waals surface area contributed by atoms with E-state index in [4.69, 9.17) is 18.9 Å². The van der Waals surface area contributed by atoms with Gasteiger partial charge in [0.1, 0.15) is 35.0 Å². The van der Waals surface area contributed by atoms with E-state index in [0.717, 1.165) is 49.8 Å². The number of fused-ring (bicyclic) bond motifs is 13. The molecule has 3 aliphatic heterocycles. The monoisotopic (exact) mass is 914 g/mol. The minimum absolute atomic E-state index is 0.0241. The summed E-state index contributed by atoms with van der Waals surface area (Å²) in [5.41, 5.74) is 7.35. The van der Waals surface area contributed by atoms with Crippen molar-refractivity contribution in [3.63, 3.8) is 0 Å². The lowest BCUT2D eigenvalue weighted by Crippen LogP contribution is -2.62. The van der Waals surface area contributed by atoms with Crippen molar-refractivity contribution in [1.29, 1.82) is 0 Å². The van der Waals surface area contributed by atoms with Crippen LogP contribution in [0, 0.1) is 17.8 Å². The van der Waals surface area contributed by atoms with E-state index in [1.54, 1.807) is 6.07 Å². The molecule has 0 radical (unpaired) electrons. The summed E-state index contributed by atoms with van der Waals surface area (Å²) >= 11 is 0. The molecule has 0 saturated carbocycles. The van der Waals surface area contributed by atoms with Crippen molar-refractivity contribution in [1.82, 2.24) is 20.9 Å². The van der Waals surface area contributed by atoms with Gasteiger partial charge in [0, 0.05) is 61.1 Å². The molecule has 6 unspecified atom stereocenters. The first kappa shape index (κ1) is 46.8. The second-order valence-electron chi connectivity index (χ2n) is 19.6. The van der Waals surface area contributed by atoms with Gasteiger partial charge in [-0.1, -0.05) is 37.8 Å². The van der Waals surface area contributed by atoms with Gasteiger partial charge in [-0.15, -0.1) is 0 Å². The smallest absolute Gasteiger partial charge is 0.161 e. The minimum Gasteiger partial charge on any atom is -0.508 e. The maximum atomic E-state index is 11.6. The molecule has 356 valence electrons. The Morgan fingerprint density at radius 3 is 2.69 bits per heavy atom. The predicted octanol–water partition coefficient (Wildman–Crippen LogP) is 6.44. The van der Waals surface area contributed by atoms with Crippen LogP contribution in [-0.4, -0.2) is 101 Å². The number of H-pyrrole nitrogens is 1. The summed E-state index contributed by atoms with van der Waals surface area (Å²) in [4.78, 5) is 3.31. The Morgan fingerprint density at radius 2 is 1.88 bits per heavy atom. The third-order valence-electron chi connectivity index (χ3n) is 13.9. The SMILES string of the molecule is CNCOC12Cc3c4c(c5c(c3OC1c1cc(CCCO)c(O)c(c1)OCCC#CC2NCNCC(C)(O)CC(C)C)CCC(CO)O5)-c1ccc(O)cc1C(Cc1ccc2[nH]ccc2c1)C4. The number of phenolic OH excluding ortho intramolecular Hbond substituents is 2. The maximum Gasteiger partial charge on any atom is 0.161 e. The highest BCUT2D eigenvalue weighted by Crippen LogP contribution is 2.58. The third kappa shape index (κ3) is 9.46. The Hall–Kier alpha value is -5.30. The first-order valence-corrected chi connectivity index (χ1v) is 24.0. The van der Waals surface area contributed by atoms with Gasteiger partial charge < -0.3 is 54.8 Å². The van der Waals surface area contributed by atoms with E-state index in [0.29, 0.717) is 99.7 Å². The van der Waals surface area contributed by atoms with Crippen LogP contribution in [0.2, 0.25) is 0 Å². The molecule has 1 aromatic heterocycles. The number of aryl methyl sites for hydroxylation is 1. The number of aromatic nitrogens is 1. The molecule has 2 bridgehead atoms. The van der Waals surface area contributed by atoms with Crippen molar-refractivity contribution in [2.45, 2.75) is 114 Å². The second-order valence-corrected chi connectivity index (χ2v) is 19.6. The quantitative estimate of drug-likeness (QED) is 0.0300. The Labute approximate surface area is 393 Å². The van der Waals surface area contributed by atoms with Crippen molar-refractivity contribution >= 4 is 10.9 Å². The normalized spacial score (nSPS) is 22.6. The van der Waals surface area contributed by atoms with Crippen LogP contribution in [0.5, 0.6) is 28.7 Å². The van der Waals surface area contributed by atoms with Crippen LogP contribution in [0.4, 0.5) is 0 Å². The summed E-state index contributed by atoms with van der Waals surface area (Å²) in [6, 6.07) is 17.4. The number of rotatable bonds is 16. The molecule has 1 aliphatic carbocycles. The number of aromatic hydroxyl groups is 2. The molecule has 5 aromatic rings. The lowest BCUT2D eigenvalue weighted by Gasteiger charge is -2.49. The van der Waals surface area contributed by atoms with Crippen molar-refractivity contribution in [3.8, 4) is 51.7 Å². The molecular weight excluding hydrogens is 849 g/mol. The van der Waals surface area contributed by atoms with Crippen LogP contribution in [0.1, 0.15) is 97.4 Å². The third-order valence-corrected chi connectivity index (χ3v) is 13.9. The zero-order valence-corrected chi connectivity index (χ0v) is 39.1. The molecule has 13 heteroatoms. The number of aliphatic hydroxyl groups excluding tert-OH is 2. The largest absolute Gasteiger partial charge is 0.508 e. The van der Waals surface area contributed by atoms with Crippen LogP contribution in [0.15, 0.2) is 60.8 Å². The van der Waals surface area contributed by atoms with Gasteiger partial charge in [0.25, 0.3) is 0 Å². The molecule has 13 nitrogen and oxygen atoms in total. The van der Waals surface area contributed by atoms with Crippen LogP contribution >= 0.6 is 0 Å². The van der Waals surface area contributed by atoms with E-state index >= 15 is 0 Å². The molecule has 0 amide bonds. The van der Waals surface area contributed by atoms with Gasteiger partial charge in [0.15, 0.2) is 17.6 Å². The van der Waals surface area contributed by atoms with Crippen molar-refractivity contribution < 1.29 is 44.5 Å². The number of benzene rings is 4. The average Bonchev–Trinajstić information content (AvgIpc) is 3.78. The fraction of sp³-hybridized carbons (Fsp3) is 0.481. The summed E-state index contributed by atoms with van der Waals surface area (Å²) in [6.45, 7) is 6.93. The number of phenols is 2. The molecular formula is C54H66N4O9. The summed E-state index contributed by atoms with van der Waals surface area (Å²) < 4.78 is 28.0. The van der Waals surface area contributed by atoms with Gasteiger partial charge in [-0.2, -0.15) is 0 Å². The molecule has 9 N–H and O–H groups in total. The van der Waals surface area contributed by atoms with Crippen LogP contribution in [0.3, 0.4) is 0 Å². The number of hydrogen-bond acceptors (Lipinski definition) is 12. The van der Waals surface area contributed by atoms with E-state index in [-0.39, 0.29) is 44.0 Å². The van der Waals surface area contributed by atoms with Gasteiger partial charge in [-0.3, -0.25) is 10.6 Å². The molecule has 4 heterocycles. The Kier molecular flexibility index (Phi) is 13.8. The van der Waals surface area contributed by atoms with Crippen LogP contribution < -0.4 is 30.2 Å². The number of aromatic amines is 1. The zero-order valence-electron chi connectivity index (χ0n) is 39.1. The first-order chi connectivity index (χ1) is 32.4. The van der Waals surface area contributed by atoms with Crippen molar-refractivity contribution in [2.75, 3.05) is 46.8 Å². The molecule has 67 heavy (non-hydrogen) atoms. The molecule has 6 atom stereocenters. The number of aliphatic hydroxyl groups is 3. The van der Waals surface area contributed by atoms with E-state index in [1.165, 1.54) is 5.56 Å². The Bertz CT molecular complexity index is 2650. The van der Waals surface area contributed by atoms with Gasteiger partial charge in [-0.05, 0) is 152 Å². The second kappa shape index (κ2) is 19.7. The molecule has 0 saturated heterocycles. The number of hydrogen-bond donors (Lipinski definition) is 9. The van der Waals surface area contributed by atoms with E-state index in [2.05, 4.69) is 70.9 Å². The van der Waals surface area contributed by atoms with Crippen LogP contribution in [0.25, 0.3) is 22.0 Å². The van der Waals surface area contributed by atoms with Gasteiger partial charge in [0.2, 0.25) is 0 Å². The van der Waals surface area contributed by atoms with E-state index in [1.807, 2.05) is 44.4 Å². The lowest BCUT2D eigenvalue weighted by molar-refractivity contribution is -0.141. The van der Waals surface area contributed by atoms with Gasteiger partial charge >= 0.3 is 0 Å². The molecule has 4 aromatic carbocycles. The minimum atomic E-state index is -1.22. The van der Waals surface area contributed by atoms with E-state index < -0.39 is 29.5 Å². The summed E-state index contributed by atoms with van der Waals surface area (Å²) in [5, 5.41) is 65.9. The molecule has 4 aliphatic rings. The topological polar surface area (TPSA) is 190 Å². The summed E-state index contributed by atoms with van der Waals surface area (Å²) in [6.07, 6.45) is 5.44. The fourth-order valence-electron chi connectivity index (χ4n) is 11.1. The van der Waals surface area contributed by atoms with Gasteiger partial charge in [-0.25, -0.2) is 0 Å². The Balaban J connectivity index is 1.25. The highest BCUT2D eigenvalue weighted by Gasteiger charge is 2.54. The standard InChI is InChI=1S/C54H66N4O9/c1-32(2)26-53(3,63)29-56-30-58-47-9-5-6-19-64-46-24-37(22-35(49(46)62)8-7-18-59)52-54(47,65-31-55-4)27-44-43-23-36(21-33-10-15-45-34(20-33)16-17-57-45)42-25-38(61)11-13-40(42)48(43)51-41(50(44)67-52)14-12-39(28-60)66-51/h10-11,13,15-17,20,22,24-25,32,36,39,47,52,55-63H,6-8,12,14,18-19,21,23,26-31H2,1-4H3. The van der Waals surface area contributed by atoms with Crippen molar-refractivity contribution in [2.24, 2.45) is 5.92 Å². The van der Waals surface area contributed by atoms with Gasteiger partial charge in [0.05, 0.1) is 25.5 Å². The summed E-state index contributed by atoms with van der Waals surface area (Å²) in [5.74, 6) is 9.17. The lowest BCUT2D eigenvalue weighted by atomic mass is 9.69. The summed E-state index contributed by atoms with van der Waals surface area (Å²) in [7, 11) is 1.84. The number of nitrogens with one attached hydrogen (secondary N) is 4.